The molecule has 0 saturated carbocycles. The van der Waals surface area contributed by atoms with Gasteiger partial charge in [-0.15, -0.1) is 6.42 Å². The number of para-hydroxylation sites is 1. The lowest BCUT2D eigenvalue weighted by molar-refractivity contribution is 0.885. The second-order valence-corrected chi connectivity index (χ2v) is 4.57. The molecule has 0 unspecified atom stereocenters. The Kier molecular flexibility index (Phi) is 4.75. The molecular formula is C15H16N4S. The second kappa shape index (κ2) is 6.73. The van der Waals surface area contributed by atoms with E-state index in [4.69, 9.17) is 18.6 Å². The maximum absolute atomic E-state index is 5.39. The Labute approximate surface area is 123 Å². The monoisotopic (exact) mass is 284 g/mol. The molecule has 4 nitrogen and oxygen atoms in total. The van der Waals surface area contributed by atoms with Gasteiger partial charge in [-0.2, -0.15) is 5.10 Å². The quantitative estimate of drug-likeness (QED) is 0.391. The summed E-state index contributed by atoms with van der Waals surface area (Å²) in [6.07, 6.45) is 9.13. The molecule has 0 saturated heterocycles. The predicted molar refractivity (Wildman–Crippen MR) is 87.8 cm³/mol. The number of benzene rings is 1. The number of terminal acetylenes is 1. The van der Waals surface area contributed by atoms with Crippen molar-refractivity contribution in [1.29, 1.82) is 0 Å². The van der Waals surface area contributed by atoms with Gasteiger partial charge in [0, 0.05) is 29.2 Å². The van der Waals surface area contributed by atoms with E-state index >= 15 is 0 Å². The fraction of sp³-hybridized carbons (Fsp3) is 0.200. The Morgan fingerprint density at radius 1 is 1.50 bits per heavy atom. The zero-order valence-corrected chi connectivity index (χ0v) is 12.1. The number of nitrogens with one attached hydrogen (secondary N) is 2. The number of fused-ring (bicyclic) bond motifs is 1. The van der Waals surface area contributed by atoms with Crippen LogP contribution in [0.3, 0.4) is 0 Å². The molecule has 2 aromatic rings. The van der Waals surface area contributed by atoms with Crippen molar-refractivity contribution in [1.82, 2.24) is 15.3 Å². The minimum atomic E-state index is 0.510. The van der Waals surface area contributed by atoms with Gasteiger partial charge in [-0.1, -0.05) is 24.1 Å². The van der Waals surface area contributed by atoms with Crippen molar-refractivity contribution in [2.45, 2.75) is 13.5 Å². The van der Waals surface area contributed by atoms with Crippen LogP contribution in [-0.2, 0) is 6.54 Å². The van der Waals surface area contributed by atoms with E-state index < -0.39 is 0 Å². The molecule has 0 atom stereocenters. The number of nitrogens with zero attached hydrogens (tertiary/aromatic N) is 2. The van der Waals surface area contributed by atoms with E-state index in [1.165, 1.54) is 0 Å². The number of hydrogen-bond donors (Lipinski definition) is 2. The molecule has 0 bridgehead atoms. The lowest BCUT2D eigenvalue weighted by Crippen LogP contribution is -2.31. The summed E-state index contributed by atoms with van der Waals surface area (Å²) in [6.45, 7) is 3.28. The van der Waals surface area contributed by atoms with Crippen LogP contribution in [0.2, 0.25) is 0 Å². The summed E-state index contributed by atoms with van der Waals surface area (Å²) in [7, 11) is 0. The van der Waals surface area contributed by atoms with E-state index in [0.29, 0.717) is 11.7 Å². The van der Waals surface area contributed by atoms with Crippen molar-refractivity contribution in [3.8, 4) is 12.3 Å². The molecule has 102 valence electrons. The molecule has 0 aliphatic heterocycles. The van der Waals surface area contributed by atoms with Gasteiger partial charge >= 0.3 is 0 Å². The zero-order chi connectivity index (χ0) is 14.4. The van der Waals surface area contributed by atoms with E-state index in [9.17, 15) is 0 Å². The van der Waals surface area contributed by atoms with E-state index in [1.54, 1.807) is 6.21 Å². The predicted octanol–water partition coefficient (Wildman–Crippen LogP) is 2.09. The van der Waals surface area contributed by atoms with Crippen molar-refractivity contribution in [3.05, 3.63) is 36.0 Å². The first-order valence-electron chi connectivity index (χ1n) is 6.34. The summed E-state index contributed by atoms with van der Waals surface area (Å²) < 4.78 is 2.03. The van der Waals surface area contributed by atoms with Crippen LogP contribution in [0.1, 0.15) is 12.5 Å². The highest BCUT2D eigenvalue weighted by atomic mass is 32.1. The van der Waals surface area contributed by atoms with E-state index in [2.05, 4.69) is 21.8 Å². The van der Waals surface area contributed by atoms with Gasteiger partial charge in [0.1, 0.15) is 0 Å². The van der Waals surface area contributed by atoms with E-state index in [-0.39, 0.29) is 0 Å². The third-order valence-electron chi connectivity index (χ3n) is 2.79. The molecule has 0 amide bonds. The van der Waals surface area contributed by atoms with Crippen molar-refractivity contribution in [2.75, 3.05) is 6.54 Å². The Balaban J connectivity index is 2.24. The highest BCUT2D eigenvalue weighted by molar-refractivity contribution is 7.80. The zero-order valence-electron chi connectivity index (χ0n) is 11.3. The van der Waals surface area contributed by atoms with Crippen molar-refractivity contribution in [3.63, 3.8) is 0 Å². The van der Waals surface area contributed by atoms with Crippen LogP contribution >= 0.6 is 12.2 Å². The van der Waals surface area contributed by atoms with Crippen molar-refractivity contribution in [2.24, 2.45) is 5.10 Å². The maximum Gasteiger partial charge on any atom is 0.186 e. The fourth-order valence-corrected chi connectivity index (χ4v) is 2.16. The Hall–Kier alpha value is -2.32. The summed E-state index contributed by atoms with van der Waals surface area (Å²) in [5.74, 6) is 2.65. The van der Waals surface area contributed by atoms with Crippen molar-refractivity contribution >= 4 is 34.4 Å². The highest BCUT2D eigenvalue weighted by Crippen LogP contribution is 2.19. The van der Waals surface area contributed by atoms with Gasteiger partial charge in [0.2, 0.25) is 0 Å². The number of thiocarbonyl (C=S) groups is 1. The van der Waals surface area contributed by atoms with Gasteiger partial charge < -0.3 is 9.88 Å². The molecule has 0 spiro atoms. The first-order valence-corrected chi connectivity index (χ1v) is 6.75. The van der Waals surface area contributed by atoms with Crippen molar-refractivity contribution < 1.29 is 0 Å². The van der Waals surface area contributed by atoms with Crippen LogP contribution < -0.4 is 10.7 Å². The largest absolute Gasteiger partial charge is 0.362 e. The van der Waals surface area contributed by atoms with Crippen LogP contribution in [-0.4, -0.2) is 22.4 Å². The van der Waals surface area contributed by atoms with E-state index in [1.807, 2.05) is 42.0 Å². The molecule has 0 aliphatic carbocycles. The van der Waals surface area contributed by atoms with Crippen LogP contribution in [0.15, 0.2) is 35.6 Å². The normalized spacial score (nSPS) is 10.6. The molecule has 0 radical (unpaired) electrons. The molecule has 2 rings (SSSR count). The van der Waals surface area contributed by atoms with Gasteiger partial charge in [0.05, 0.1) is 12.8 Å². The summed E-state index contributed by atoms with van der Waals surface area (Å²) >= 11 is 5.04. The minimum absolute atomic E-state index is 0.510. The Morgan fingerprint density at radius 2 is 2.30 bits per heavy atom. The number of hydrogen-bond acceptors (Lipinski definition) is 2. The van der Waals surface area contributed by atoms with Gasteiger partial charge in [-0.3, -0.25) is 5.43 Å². The molecule has 0 aliphatic rings. The Bertz CT molecular complexity index is 679. The first kappa shape index (κ1) is 14.1. The third kappa shape index (κ3) is 3.16. The molecule has 20 heavy (non-hydrogen) atoms. The molecule has 0 fully saturated rings. The average Bonchev–Trinajstić information content (AvgIpc) is 2.79. The summed E-state index contributed by atoms with van der Waals surface area (Å²) in [4.78, 5) is 0. The summed E-state index contributed by atoms with van der Waals surface area (Å²) in [5, 5.41) is 8.73. The topological polar surface area (TPSA) is 41.4 Å². The number of hydrazone groups is 1. The smallest absolute Gasteiger partial charge is 0.186 e. The number of rotatable bonds is 4. The molecule has 5 heteroatoms. The fourth-order valence-electron chi connectivity index (χ4n) is 1.97. The highest BCUT2D eigenvalue weighted by Gasteiger charge is 2.05. The van der Waals surface area contributed by atoms with Crippen LogP contribution in [0.4, 0.5) is 0 Å². The first-order chi connectivity index (χ1) is 9.76. The Morgan fingerprint density at radius 3 is 3.05 bits per heavy atom. The van der Waals surface area contributed by atoms with Crippen LogP contribution in [0.25, 0.3) is 10.9 Å². The summed E-state index contributed by atoms with van der Waals surface area (Å²) in [6, 6.07) is 8.08. The number of aromatic nitrogens is 1. The lowest BCUT2D eigenvalue weighted by Gasteiger charge is -2.02. The maximum atomic E-state index is 5.39. The molecule has 1 aromatic heterocycles. The van der Waals surface area contributed by atoms with Gasteiger partial charge in [-0.25, -0.2) is 0 Å². The van der Waals surface area contributed by atoms with Gasteiger partial charge in [-0.05, 0) is 25.2 Å². The minimum Gasteiger partial charge on any atom is -0.362 e. The second-order valence-electron chi connectivity index (χ2n) is 4.16. The standard InChI is InChI=1S/C15H16N4S/c1-3-9-19-11-12(10-17-18-15(20)16-4-2)13-7-5-6-8-14(13)19/h1,5-8,10-11H,4,9H2,2H3,(H2,16,18,20). The van der Waals surface area contributed by atoms with Crippen LogP contribution in [0.5, 0.6) is 0 Å². The summed E-state index contributed by atoms with van der Waals surface area (Å²) in [5.41, 5.74) is 4.88. The SMILES string of the molecule is C#CCn1cc(C=NNC(=S)NCC)c2ccccc21. The molecule has 2 N–H and O–H groups in total. The third-order valence-corrected chi connectivity index (χ3v) is 3.02. The molecule has 1 aromatic carbocycles. The van der Waals surface area contributed by atoms with E-state index in [0.717, 1.165) is 23.0 Å². The molecular weight excluding hydrogens is 268 g/mol. The average molecular weight is 284 g/mol. The van der Waals surface area contributed by atoms with Crippen LogP contribution in [0, 0.1) is 12.3 Å². The lowest BCUT2D eigenvalue weighted by atomic mass is 10.2. The van der Waals surface area contributed by atoms with Gasteiger partial charge in [0.15, 0.2) is 5.11 Å². The molecule has 1 heterocycles. The van der Waals surface area contributed by atoms with Gasteiger partial charge in [0.25, 0.3) is 0 Å².